The van der Waals surface area contributed by atoms with E-state index in [0.29, 0.717) is 0 Å². The van der Waals surface area contributed by atoms with Gasteiger partial charge in [-0.2, -0.15) is 0 Å². The van der Waals surface area contributed by atoms with Gasteiger partial charge >= 0.3 is 5.97 Å². The number of hydrogen-bond acceptors (Lipinski definition) is 3. The molecule has 0 saturated heterocycles. The second kappa shape index (κ2) is 5.05. The fraction of sp³-hybridized carbons (Fsp3) is 0.333. The van der Waals surface area contributed by atoms with Crippen LogP contribution in [0.1, 0.15) is 12.1 Å². The van der Waals surface area contributed by atoms with Crippen LogP contribution in [0, 0.1) is 5.92 Å². The maximum atomic E-state index is 12.1. The van der Waals surface area contributed by atoms with E-state index in [1.807, 2.05) is 41.1 Å². The van der Waals surface area contributed by atoms with E-state index in [2.05, 4.69) is 20.9 Å². The summed E-state index contributed by atoms with van der Waals surface area (Å²) in [6.07, 6.45) is 4.46. The van der Waals surface area contributed by atoms with Crippen LogP contribution in [-0.2, 0) is 14.9 Å². The van der Waals surface area contributed by atoms with Crippen molar-refractivity contribution in [1.82, 2.24) is 9.55 Å². The molecule has 0 bridgehead atoms. The Balaban J connectivity index is 1.95. The summed E-state index contributed by atoms with van der Waals surface area (Å²) in [5, 5.41) is 0.778. The van der Waals surface area contributed by atoms with Gasteiger partial charge in [0.05, 0.1) is 19.1 Å². The number of ether oxygens (including phenoxy) is 1. The lowest BCUT2D eigenvalue weighted by atomic mass is 10.0. The molecule has 1 fully saturated rings. The zero-order chi connectivity index (χ0) is 14.2. The lowest BCUT2D eigenvalue weighted by Gasteiger charge is -2.11. The number of nitrogens with zero attached hydrogens (tertiary/aromatic N) is 2. The summed E-state index contributed by atoms with van der Waals surface area (Å²) in [4.78, 5) is 16.6. The van der Waals surface area contributed by atoms with Crippen molar-refractivity contribution < 1.29 is 9.53 Å². The molecule has 1 aliphatic carbocycles. The molecule has 5 heteroatoms. The van der Waals surface area contributed by atoms with Gasteiger partial charge in [0.2, 0.25) is 0 Å². The van der Waals surface area contributed by atoms with Crippen molar-refractivity contribution in [3.8, 4) is 5.69 Å². The summed E-state index contributed by atoms with van der Waals surface area (Å²) >= 11 is 3.46. The number of esters is 1. The molecular weight excluding hydrogens is 320 g/mol. The molecule has 0 N–H and O–H groups in total. The molecule has 1 aromatic heterocycles. The maximum Gasteiger partial charge on any atom is 0.318 e. The minimum atomic E-state index is -0.571. The van der Waals surface area contributed by atoms with Crippen LogP contribution in [0.4, 0.5) is 0 Å². The Morgan fingerprint density at radius 3 is 2.85 bits per heavy atom. The van der Waals surface area contributed by atoms with Gasteiger partial charge in [-0.3, -0.25) is 4.79 Å². The fourth-order valence-corrected chi connectivity index (χ4v) is 3.44. The van der Waals surface area contributed by atoms with E-state index in [9.17, 15) is 4.79 Å². The summed E-state index contributed by atoms with van der Waals surface area (Å²) in [6, 6.07) is 9.93. The minimum Gasteiger partial charge on any atom is -0.468 e. The average molecular weight is 335 g/mol. The molecule has 0 aliphatic heterocycles. The lowest BCUT2D eigenvalue weighted by Crippen LogP contribution is -2.25. The Kier molecular flexibility index (Phi) is 3.38. The van der Waals surface area contributed by atoms with Crippen LogP contribution in [0.15, 0.2) is 42.9 Å². The number of halogens is 1. The summed E-state index contributed by atoms with van der Waals surface area (Å²) in [7, 11) is 1.43. The number of hydrogen-bond donors (Lipinski definition) is 0. The maximum absolute atomic E-state index is 12.1. The second-order valence-electron chi connectivity index (χ2n) is 5.02. The van der Waals surface area contributed by atoms with E-state index in [1.165, 1.54) is 7.11 Å². The van der Waals surface area contributed by atoms with Crippen molar-refractivity contribution in [3.63, 3.8) is 0 Å². The van der Waals surface area contributed by atoms with Crippen LogP contribution in [-0.4, -0.2) is 28.0 Å². The smallest absolute Gasteiger partial charge is 0.318 e. The highest BCUT2D eigenvalue weighted by Crippen LogP contribution is 2.55. The van der Waals surface area contributed by atoms with Crippen molar-refractivity contribution in [2.24, 2.45) is 5.92 Å². The standard InChI is InChI=1S/C15H15BrN2O2/c1-20-14(19)15(7-11(15)8-16)13-9-18(10-17-13)12-5-3-2-4-6-12/h2-6,9-11H,7-8H2,1H3/t11-,15?/m1/s1. The fourth-order valence-electron chi connectivity index (χ4n) is 2.66. The predicted molar refractivity (Wildman–Crippen MR) is 79.2 cm³/mol. The molecule has 1 saturated carbocycles. The third-order valence-electron chi connectivity index (χ3n) is 3.94. The number of para-hydroxylation sites is 1. The first-order chi connectivity index (χ1) is 9.72. The summed E-state index contributed by atoms with van der Waals surface area (Å²) in [5.41, 5.74) is 1.25. The first kappa shape index (κ1) is 13.4. The number of rotatable bonds is 4. The third kappa shape index (κ3) is 1.97. The highest BCUT2D eigenvalue weighted by Gasteiger charge is 2.63. The van der Waals surface area contributed by atoms with Crippen LogP contribution in [0.5, 0.6) is 0 Å². The number of benzene rings is 1. The quantitative estimate of drug-likeness (QED) is 0.637. The predicted octanol–water partition coefficient (Wildman–Crippen LogP) is 2.70. The largest absolute Gasteiger partial charge is 0.468 e. The monoisotopic (exact) mass is 334 g/mol. The molecule has 1 unspecified atom stereocenters. The van der Waals surface area contributed by atoms with Crippen LogP contribution in [0.2, 0.25) is 0 Å². The van der Waals surface area contributed by atoms with Gasteiger partial charge in [-0.25, -0.2) is 4.98 Å². The van der Waals surface area contributed by atoms with Gasteiger partial charge in [0.15, 0.2) is 0 Å². The van der Waals surface area contributed by atoms with E-state index in [4.69, 9.17) is 4.74 Å². The lowest BCUT2D eigenvalue weighted by molar-refractivity contribution is -0.144. The Morgan fingerprint density at radius 2 is 2.25 bits per heavy atom. The molecule has 1 heterocycles. The SMILES string of the molecule is COC(=O)C1(c2cn(-c3ccccc3)cn2)C[C@@H]1CBr. The molecule has 1 aliphatic rings. The van der Waals surface area contributed by atoms with E-state index in [0.717, 1.165) is 23.1 Å². The number of methoxy groups -OCH3 is 1. The summed E-state index contributed by atoms with van der Waals surface area (Å²) in [5.74, 6) is 0.0642. The highest BCUT2D eigenvalue weighted by molar-refractivity contribution is 9.09. The van der Waals surface area contributed by atoms with Crippen LogP contribution in [0.3, 0.4) is 0 Å². The number of imidazole rings is 1. The first-order valence-corrected chi connectivity index (χ1v) is 7.59. The van der Waals surface area contributed by atoms with Gasteiger partial charge in [-0.1, -0.05) is 34.1 Å². The molecule has 2 aromatic rings. The van der Waals surface area contributed by atoms with Gasteiger partial charge in [-0.15, -0.1) is 0 Å². The van der Waals surface area contributed by atoms with Crippen molar-refractivity contribution >= 4 is 21.9 Å². The van der Waals surface area contributed by atoms with Crippen molar-refractivity contribution in [2.45, 2.75) is 11.8 Å². The zero-order valence-corrected chi connectivity index (χ0v) is 12.7. The zero-order valence-electron chi connectivity index (χ0n) is 11.1. The van der Waals surface area contributed by atoms with Gasteiger partial charge in [0.25, 0.3) is 0 Å². The Labute approximate surface area is 125 Å². The van der Waals surface area contributed by atoms with Gasteiger partial charge in [0, 0.05) is 17.2 Å². The highest BCUT2D eigenvalue weighted by atomic mass is 79.9. The van der Waals surface area contributed by atoms with E-state index in [1.54, 1.807) is 6.33 Å². The number of carbonyl (C=O) groups is 1. The molecule has 20 heavy (non-hydrogen) atoms. The van der Waals surface area contributed by atoms with Gasteiger partial charge in [-0.05, 0) is 24.5 Å². The summed E-state index contributed by atoms with van der Waals surface area (Å²) < 4.78 is 6.90. The minimum absolute atomic E-state index is 0.194. The molecule has 2 atom stereocenters. The molecule has 3 rings (SSSR count). The van der Waals surface area contributed by atoms with Crippen molar-refractivity contribution in [3.05, 3.63) is 48.5 Å². The van der Waals surface area contributed by atoms with E-state index in [-0.39, 0.29) is 11.9 Å². The molecule has 0 radical (unpaired) electrons. The van der Waals surface area contributed by atoms with Gasteiger partial charge < -0.3 is 9.30 Å². The van der Waals surface area contributed by atoms with Crippen LogP contribution < -0.4 is 0 Å². The summed E-state index contributed by atoms with van der Waals surface area (Å²) in [6.45, 7) is 0. The van der Waals surface area contributed by atoms with Crippen LogP contribution >= 0.6 is 15.9 Å². The number of aromatic nitrogens is 2. The van der Waals surface area contributed by atoms with E-state index < -0.39 is 5.41 Å². The topological polar surface area (TPSA) is 44.1 Å². The average Bonchev–Trinajstić information content (AvgIpc) is 3.05. The third-order valence-corrected chi connectivity index (χ3v) is 4.72. The molecule has 1 aromatic carbocycles. The van der Waals surface area contributed by atoms with Gasteiger partial charge in [0.1, 0.15) is 5.41 Å². The van der Waals surface area contributed by atoms with Crippen molar-refractivity contribution in [2.75, 3.05) is 12.4 Å². The second-order valence-corrected chi connectivity index (χ2v) is 5.67. The normalized spacial score (nSPS) is 24.4. The molecule has 104 valence electrons. The van der Waals surface area contributed by atoms with E-state index >= 15 is 0 Å². The molecule has 4 nitrogen and oxygen atoms in total. The number of alkyl halides is 1. The first-order valence-electron chi connectivity index (χ1n) is 6.46. The van der Waals surface area contributed by atoms with Crippen LogP contribution in [0.25, 0.3) is 5.69 Å². The molecular formula is C15H15BrN2O2. The molecule has 0 amide bonds. The van der Waals surface area contributed by atoms with Crippen molar-refractivity contribution in [1.29, 1.82) is 0 Å². The molecule has 0 spiro atoms. The Hall–Kier alpha value is -1.62. The number of carbonyl (C=O) groups excluding carboxylic acids is 1. The Morgan fingerprint density at radius 1 is 1.50 bits per heavy atom. The Bertz CT molecular complexity index is 626.